The maximum absolute atomic E-state index is 12.2. The summed E-state index contributed by atoms with van der Waals surface area (Å²) in [5.74, 6) is 5.30. The third-order valence-electron chi connectivity index (χ3n) is 3.05. The van der Waals surface area contributed by atoms with Gasteiger partial charge >= 0.3 is 0 Å². The molecule has 0 saturated heterocycles. The van der Waals surface area contributed by atoms with Crippen molar-refractivity contribution in [2.75, 3.05) is 12.0 Å². The van der Waals surface area contributed by atoms with Gasteiger partial charge in [-0.2, -0.15) is 0 Å². The summed E-state index contributed by atoms with van der Waals surface area (Å²) >= 11 is 0. The second kappa shape index (κ2) is 5.83. The van der Waals surface area contributed by atoms with Crippen LogP contribution in [0.2, 0.25) is 0 Å². The normalized spacial score (nSPS) is 22.8. The zero-order valence-electron chi connectivity index (χ0n) is 10.7. The van der Waals surface area contributed by atoms with Crippen LogP contribution >= 0.6 is 0 Å². The van der Waals surface area contributed by atoms with Crippen LogP contribution in [0.25, 0.3) is 0 Å². The van der Waals surface area contributed by atoms with E-state index in [0.717, 1.165) is 0 Å². The molecule has 2 rings (SSSR count). The molecule has 7 nitrogen and oxygen atoms in total. The average Bonchev–Trinajstić information content (AvgIpc) is 2.36. The van der Waals surface area contributed by atoms with Crippen LogP contribution in [0.15, 0.2) is 23.4 Å². The summed E-state index contributed by atoms with van der Waals surface area (Å²) < 4.78 is 32.4. The summed E-state index contributed by atoms with van der Waals surface area (Å²) in [6.45, 7) is 2.57. The summed E-state index contributed by atoms with van der Waals surface area (Å²) in [5.41, 5.74) is 2.68. The largest absolute Gasteiger partial charge is 0.378 e. The van der Waals surface area contributed by atoms with Gasteiger partial charge in [0.1, 0.15) is 4.90 Å². The summed E-state index contributed by atoms with van der Waals surface area (Å²) in [6.07, 6.45) is 4.29. The van der Waals surface area contributed by atoms with Crippen molar-refractivity contribution in [3.63, 3.8) is 0 Å². The molecule has 1 aliphatic carbocycles. The maximum atomic E-state index is 12.2. The Labute approximate surface area is 112 Å². The summed E-state index contributed by atoms with van der Waals surface area (Å²) in [5, 5.41) is 0. The van der Waals surface area contributed by atoms with E-state index in [1.54, 1.807) is 0 Å². The molecule has 0 unspecified atom stereocenters. The highest BCUT2D eigenvalue weighted by Crippen LogP contribution is 2.26. The fraction of sp³-hybridized carbons (Fsp3) is 0.545. The first-order valence-corrected chi connectivity index (χ1v) is 7.59. The molecule has 8 heteroatoms. The Morgan fingerprint density at radius 1 is 1.53 bits per heavy atom. The predicted octanol–water partition coefficient (Wildman–Crippen LogP) is 0.213. The van der Waals surface area contributed by atoms with Gasteiger partial charge in [0, 0.05) is 25.0 Å². The number of aromatic nitrogens is 1. The van der Waals surface area contributed by atoms with E-state index < -0.39 is 10.0 Å². The van der Waals surface area contributed by atoms with E-state index in [1.165, 1.54) is 18.5 Å². The average molecular weight is 286 g/mol. The SMILES string of the molecule is CCOC1CC(NS(=O)(=O)c2cnccc2NN)C1. The standard InChI is InChI=1S/C11H18N4O3S/c1-2-18-9-5-8(6-9)15-19(16,17)11-7-13-4-3-10(11)14-12/h3-4,7-9,15H,2,5-6,12H2,1H3,(H,13,14). The monoisotopic (exact) mass is 286 g/mol. The lowest BCUT2D eigenvalue weighted by atomic mass is 9.90. The Balaban J connectivity index is 2.03. The second-order valence-corrected chi connectivity index (χ2v) is 6.07. The van der Waals surface area contributed by atoms with E-state index in [0.29, 0.717) is 25.1 Å². The molecular weight excluding hydrogens is 268 g/mol. The second-order valence-electron chi connectivity index (χ2n) is 4.38. The minimum atomic E-state index is -3.61. The van der Waals surface area contributed by atoms with Gasteiger partial charge in [-0.3, -0.25) is 10.8 Å². The van der Waals surface area contributed by atoms with E-state index >= 15 is 0 Å². The number of hydrazine groups is 1. The van der Waals surface area contributed by atoms with Crippen molar-refractivity contribution in [1.29, 1.82) is 0 Å². The Morgan fingerprint density at radius 3 is 2.89 bits per heavy atom. The first-order valence-electron chi connectivity index (χ1n) is 6.11. The van der Waals surface area contributed by atoms with Gasteiger partial charge in [-0.25, -0.2) is 13.1 Å². The van der Waals surface area contributed by atoms with Crippen LogP contribution in [0.1, 0.15) is 19.8 Å². The molecule has 0 bridgehead atoms. The number of hydrogen-bond donors (Lipinski definition) is 3. The molecule has 0 radical (unpaired) electrons. The molecule has 1 aromatic heterocycles. The predicted molar refractivity (Wildman–Crippen MR) is 70.8 cm³/mol. The van der Waals surface area contributed by atoms with Gasteiger partial charge in [0.05, 0.1) is 11.8 Å². The number of pyridine rings is 1. The Hall–Kier alpha value is -1.22. The topological polar surface area (TPSA) is 106 Å². The summed E-state index contributed by atoms with van der Waals surface area (Å²) in [6, 6.07) is 1.42. The number of anilines is 1. The van der Waals surface area contributed by atoms with Crippen LogP contribution in [-0.2, 0) is 14.8 Å². The van der Waals surface area contributed by atoms with Crippen LogP contribution < -0.4 is 16.0 Å². The molecule has 1 aromatic rings. The molecule has 0 aromatic carbocycles. The van der Waals surface area contributed by atoms with Crippen molar-refractivity contribution in [3.8, 4) is 0 Å². The molecule has 0 atom stereocenters. The fourth-order valence-electron chi connectivity index (χ4n) is 2.03. The van der Waals surface area contributed by atoms with Gasteiger partial charge < -0.3 is 10.2 Å². The first kappa shape index (κ1) is 14.2. The lowest BCUT2D eigenvalue weighted by molar-refractivity contribution is -0.00475. The Morgan fingerprint density at radius 2 is 2.26 bits per heavy atom. The third-order valence-corrected chi connectivity index (χ3v) is 4.60. The zero-order chi connectivity index (χ0) is 13.9. The lowest BCUT2D eigenvalue weighted by Crippen LogP contribution is -2.47. The quantitative estimate of drug-likeness (QED) is 0.510. The number of sulfonamides is 1. The maximum Gasteiger partial charge on any atom is 0.244 e. The first-order chi connectivity index (χ1) is 9.06. The highest BCUT2D eigenvalue weighted by atomic mass is 32.2. The number of hydrogen-bond acceptors (Lipinski definition) is 6. The van der Waals surface area contributed by atoms with Crippen LogP contribution in [0.5, 0.6) is 0 Å². The molecular formula is C11H18N4O3S. The molecule has 106 valence electrons. The third kappa shape index (κ3) is 3.21. The molecule has 1 fully saturated rings. The number of nitrogens with one attached hydrogen (secondary N) is 2. The van der Waals surface area contributed by atoms with Crippen molar-refractivity contribution in [3.05, 3.63) is 18.5 Å². The minimum absolute atomic E-state index is 0.0531. The smallest absolute Gasteiger partial charge is 0.244 e. The molecule has 0 amide bonds. The minimum Gasteiger partial charge on any atom is -0.378 e. The van der Waals surface area contributed by atoms with Crippen LogP contribution in [0.3, 0.4) is 0 Å². The van der Waals surface area contributed by atoms with Gasteiger partial charge in [-0.15, -0.1) is 0 Å². The molecule has 1 heterocycles. The van der Waals surface area contributed by atoms with Crippen molar-refractivity contribution < 1.29 is 13.2 Å². The van der Waals surface area contributed by atoms with Gasteiger partial charge in [0.25, 0.3) is 0 Å². The molecule has 1 aliphatic rings. The van der Waals surface area contributed by atoms with E-state index in [2.05, 4.69) is 15.1 Å². The Kier molecular flexibility index (Phi) is 4.35. The van der Waals surface area contributed by atoms with Gasteiger partial charge in [0.15, 0.2) is 0 Å². The van der Waals surface area contributed by atoms with Crippen LogP contribution in [0.4, 0.5) is 5.69 Å². The van der Waals surface area contributed by atoms with Gasteiger partial charge in [0.2, 0.25) is 10.0 Å². The number of rotatable bonds is 6. The van der Waals surface area contributed by atoms with Crippen molar-refractivity contribution >= 4 is 15.7 Å². The number of ether oxygens (including phenoxy) is 1. The van der Waals surface area contributed by atoms with Gasteiger partial charge in [-0.1, -0.05) is 0 Å². The highest BCUT2D eigenvalue weighted by molar-refractivity contribution is 7.89. The highest BCUT2D eigenvalue weighted by Gasteiger charge is 2.33. The van der Waals surface area contributed by atoms with Crippen LogP contribution in [0, 0.1) is 0 Å². The number of nitrogen functional groups attached to an aromatic ring is 1. The molecule has 0 spiro atoms. The van der Waals surface area contributed by atoms with Crippen molar-refractivity contribution in [1.82, 2.24) is 9.71 Å². The molecule has 0 aliphatic heterocycles. The fourth-order valence-corrected chi connectivity index (χ4v) is 3.40. The molecule has 4 N–H and O–H groups in total. The van der Waals surface area contributed by atoms with Crippen molar-refractivity contribution in [2.24, 2.45) is 5.84 Å². The van der Waals surface area contributed by atoms with E-state index in [9.17, 15) is 8.42 Å². The van der Waals surface area contributed by atoms with Crippen LogP contribution in [-0.4, -0.2) is 32.2 Å². The molecule has 1 saturated carbocycles. The van der Waals surface area contributed by atoms with Gasteiger partial charge in [-0.05, 0) is 25.8 Å². The number of nitrogens with zero attached hydrogens (tertiary/aromatic N) is 1. The summed E-state index contributed by atoms with van der Waals surface area (Å²) in [4.78, 5) is 3.87. The van der Waals surface area contributed by atoms with Crippen molar-refractivity contribution in [2.45, 2.75) is 36.8 Å². The zero-order valence-corrected chi connectivity index (χ0v) is 11.5. The Bertz CT molecular complexity index is 528. The van der Waals surface area contributed by atoms with E-state index in [-0.39, 0.29) is 17.0 Å². The van der Waals surface area contributed by atoms with E-state index in [1.807, 2.05) is 6.92 Å². The molecule has 19 heavy (non-hydrogen) atoms. The summed E-state index contributed by atoms with van der Waals surface area (Å²) in [7, 11) is -3.61. The number of nitrogens with two attached hydrogens (primary N) is 1. The van der Waals surface area contributed by atoms with E-state index in [4.69, 9.17) is 10.6 Å². The lowest BCUT2D eigenvalue weighted by Gasteiger charge is -2.35.